The molecule has 0 unspecified atom stereocenters. The number of hydrogen-bond donors (Lipinski definition) is 4. The number of carbonyl (C=O) groups excluding carboxylic acids is 1. The Kier molecular flexibility index (Phi) is 11.0. The van der Waals surface area contributed by atoms with Crippen molar-refractivity contribution in [3.05, 3.63) is 0 Å². The largest absolute Gasteiger partial charge is 0.480 e. The van der Waals surface area contributed by atoms with E-state index in [4.69, 9.17) is 10.5 Å². The number of aliphatic hydroxyl groups is 1. The number of nitrogens with zero attached hydrogens (tertiary/aromatic N) is 1. The molecule has 0 aliphatic rings. The van der Waals surface area contributed by atoms with Crippen LogP contribution in [0.15, 0.2) is 0 Å². The van der Waals surface area contributed by atoms with Crippen LogP contribution in [-0.4, -0.2) is 52.1 Å². The van der Waals surface area contributed by atoms with E-state index in [0.717, 1.165) is 51.4 Å². The number of carbonyl (C=O) groups is 2. The van der Waals surface area contributed by atoms with Crippen LogP contribution in [0.4, 0.5) is 0 Å². The number of hydrogen-bond acceptors (Lipinski definition) is 4. The molecule has 7 nitrogen and oxygen atoms in total. The Morgan fingerprint density at radius 1 is 1.04 bits per heavy atom. The number of carboxylic acid groups (broad SMARTS) is 1. The van der Waals surface area contributed by atoms with Gasteiger partial charge in [0.15, 0.2) is 5.96 Å². The maximum Gasteiger partial charge on any atom is 0.323 e. The van der Waals surface area contributed by atoms with E-state index < -0.39 is 11.6 Å². The minimum Gasteiger partial charge on any atom is -0.480 e. The standard InChI is InChI=1S/C17H33N3O4/c1-17(2,24)12-10-8-6-4-5-7-9-11-14(21)19-16(18)20(3)13-15(22)23/h24H,4-13H2,1-3H3,(H,22,23)(H2,18,19,21). The number of carboxylic acids is 1. The van der Waals surface area contributed by atoms with Crippen molar-refractivity contribution in [3.63, 3.8) is 0 Å². The molecule has 1 amide bonds. The van der Waals surface area contributed by atoms with Crippen molar-refractivity contribution in [1.82, 2.24) is 10.2 Å². The summed E-state index contributed by atoms with van der Waals surface area (Å²) in [6, 6.07) is 0. The monoisotopic (exact) mass is 343 g/mol. The van der Waals surface area contributed by atoms with Crippen molar-refractivity contribution >= 4 is 17.8 Å². The first-order chi connectivity index (χ1) is 11.1. The average Bonchev–Trinajstić information content (AvgIpc) is 2.43. The van der Waals surface area contributed by atoms with Gasteiger partial charge >= 0.3 is 5.97 Å². The summed E-state index contributed by atoms with van der Waals surface area (Å²) in [7, 11) is 1.45. The Hall–Kier alpha value is -1.63. The predicted octanol–water partition coefficient (Wildman–Crippen LogP) is 2.34. The number of unbranched alkanes of at least 4 members (excludes halogenated alkanes) is 6. The molecule has 0 atom stereocenters. The normalized spacial score (nSPS) is 11.2. The summed E-state index contributed by atoms with van der Waals surface area (Å²) >= 11 is 0. The molecule has 0 aromatic heterocycles. The van der Waals surface area contributed by atoms with Gasteiger partial charge in [0.05, 0.1) is 5.60 Å². The molecule has 4 N–H and O–H groups in total. The summed E-state index contributed by atoms with van der Waals surface area (Å²) in [5.74, 6) is -1.48. The molecule has 0 fully saturated rings. The van der Waals surface area contributed by atoms with E-state index in [1.54, 1.807) is 0 Å². The minimum atomic E-state index is -1.04. The van der Waals surface area contributed by atoms with E-state index in [-0.39, 0.29) is 18.4 Å². The van der Waals surface area contributed by atoms with Gasteiger partial charge in [-0.25, -0.2) is 0 Å². The second kappa shape index (κ2) is 11.8. The molecule has 140 valence electrons. The van der Waals surface area contributed by atoms with Crippen molar-refractivity contribution in [2.75, 3.05) is 13.6 Å². The van der Waals surface area contributed by atoms with Crippen molar-refractivity contribution in [2.24, 2.45) is 0 Å². The first-order valence-electron chi connectivity index (χ1n) is 8.65. The Morgan fingerprint density at radius 2 is 1.54 bits per heavy atom. The Labute approximate surface area is 144 Å². The number of amides is 1. The van der Waals surface area contributed by atoms with Gasteiger partial charge in [0.1, 0.15) is 6.54 Å². The number of guanidine groups is 1. The highest BCUT2D eigenvalue weighted by atomic mass is 16.4. The van der Waals surface area contributed by atoms with Gasteiger partial charge in [-0.05, 0) is 26.7 Å². The molecule has 0 saturated carbocycles. The molecular weight excluding hydrogens is 310 g/mol. The average molecular weight is 343 g/mol. The van der Waals surface area contributed by atoms with E-state index in [9.17, 15) is 14.7 Å². The second-order valence-electron chi connectivity index (χ2n) is 6.93. The Morgan fingerprint density at radius 3 is 2.04 bits per heavy atom. The van der Waals surface area contributed by atoms with Crippen LogP contribution in [0.5, 0.6) is 0 Å². The lowest BCUT2D eigenvalue weighted by Crippen LogP contribution is -2.43. The second-order valence-corrected chi connectivity index (χ2v) is 6.93. The van der Waals surface area contributed by atoms with Gasteiger partial charge in [0.25, 0.3) is 0 Å². The molecule has 0 aromatic rings. The van der Waals surface area contributed by atoms with Crippen molar-refractivity contribution < 1.29 is 19.8 Å². The summed E-state index contributed by atoms with van der Waals surface area (Å²) in [5.41, 5.74) is -0.570. The van der Waals surface area contributed by atoms with Gasteiger partial charge < -0.3 is 15.1 Å². The molecule has 0 spiro atoms. The quantitative estimate of drug-likeness (QED) is 0.247. The fraction of sp³-hybridized carbons (Fsp3) is 0.824. The summed E-state index contributed by atoms with van der Waals surface area (Å²) in [4.78, 5) is 23.4. The molecule has 0 aliphatic heterocycles. The molecule has 0 aliphatic carbocycles. The van der Waals surface area contributed by atoms with Gasteiger partial charge in [0.2, 0.25) is 5.91 Å². The zero-order valence-electron chi connectivity index (χ0n) is 15.2. The number of rotatable bonds is 12. The molecule has 0 saturated heterocycles. The van der Waals surface area contributed by atoms with E-state index in [2.05, 4.69) is 5.32 Å². The first-order valence-corrected chi connectivity index (χ1v) is 8.65. The molecule has 0 rings (SSSR count). The molecule has 7 heteroatoms. The number of likely N-dealkylation sites (N-methyl/N-ethyl adjacent to an activating group) is 1. The first kappa shape index (κ1) is 22.4. The maximum absolute atomic E-state index is 11.7. The van der Waals surface area contributed by atoms with Crippen LogP contribution >= 0.6 is 0 Å². The van der Waals surface area contributed by atoms with Gasteiger partial charge in [-0.15, -0.1) is 0 Å². The van der Waals surface area contributed by atoms with Crippen LogP contribution < -0.4 is 5.32 Å². The predicted molar refractivity (Wildman–Crippen MR) is 94.0 cm³/mol. The van der Waals surface area contributed by atoms with Crippen molar-refractivity contribution in [2.45, 2.75) is 77.2 Å². The highest BCUT2D eigenvalue weighted by Crippen LogP contribution is 2.15. The zero-order chi connectivity index (χ0) is 18.6. The van der Waals surface area contributed by atoms with E-state index >= 15 is 0 Å². The van der Waals surface area contributed by atoms with Crippen LogP contribution in [0.25, 0.3) is 0 Å². The molecule has 0 radical (unpaired) electrons. The lowest BCUT2D eigenvalue weighted by molar-refractivity contribution is -0.137. The SMILES string of the molecule is CN(CC(=O)O)C(=N)NC(=O)CCCCCCCCCC(C)(C)O. The third-order valence-electron chi connectivity index (χ3n) is 3.70. The van der Waals surface area contributed by atoms with Crippen LogP contribution in [0.2, 0.25) is 0 Å². The summed E-state index contributed by atoms with van der Waals surface area (Å²) in [6.45, 7) is 3.35. The van der Waals surface area contributed by atoms with Gasteiger partial charge in [-0.1, -0.05) is 38.5 Å². The Balaban J connectivity index is 3.56. The third-order valence-corrected chi connectivity index (χ3v) is 3.70. The number of aliphatic carboxylic acids is 1. The molecule has 0 bridgehead atoms. The van der Waals surface area contributed by atoms with Crippen LogP contribution in [-0.2, 0) is 9.59 Å². The van der Waals surface area contributed by atoms with E-state index in [1.165, 1.54) is 11.9 Å². The fourth-order valence-electron chi connectivity index (χ4n) is 2.30. The van der Waals surface area contributed by atoms with E-state index in [1.807, 2.05) is 13.8 Å². The maximum atomic E-state index is 11.7. The summed E-state index contributed by atoms with van der Waals surface area (Å²) in [6.07, 6.45) is 8.43. The van der Waals surface area contributed by atoms with Crippen molar-refractivity contribution in [1.29, 1.82) is 5.41 Å². The zero-order valence-corrected chi connectivity index (χ0v) is 15.2. The highest BCUT2D eigenvalue weighted by Gasteiger charge is 2.12. The van der Waals surface area contributed by atoms with Crippen LogP contribution in [0.3, 0.4) is 0 Å². The topological polar surface area (TPSA) is 114 Å². The molecule has 0 heterocycles. The fourth-order valence-corrected chi connectivity index (χ4v) is 2.30. The third kappa shape index (κ3) is 14.0. The van der Waals surface area contributed by atoms with Crippen LogP contribution in [0, 0.1) is 5.41 Å². The minimum absolute atomic E-state index is 0.186. The molecular formula is C17H33N3O4. The van der Waals surface area contributed by atoms with E-state index in [0.29, 0.717) is 6.42 Å². The van der Waals surface area contributed by atoms with Gasteiger partial charge in [-0.3, -0.25) is 20.3 Å². The van der Waals surface area contributed by atoms with Crippen molar-refractivity contribution in [3.8, 4) is 0 Å². The Bertz CT molecular complexity index is 405. The lowest BCUT2D eigenvalue weighted by atomic mass is 9.99. The summed E-state index contributed by atoms with van der Waals surface area (Å²) in [5, 5.41) is 28.2. The lowest BCUT2D eigenvalue weighted by Gasteiger charge is -2.17. The molecule has 24 heavy (non-hydrogen) atoms. The molecule has 0 aromatic carbocycles. The summed E-state index contributed by atoms with van der Waals surface area (Å²) < 4.78 is 0. The van der Waals surface area contributed by atoms with Gasteiger partial charge in [-0.2, -0.15) is 0 Å². The van der Waals surface area contributed by atoms with Gasteiger partial charge in [0, 0.05) is 13.5 Å². The smallest absolute Gasteiger partial charge is 0.323 e. The highest BCUT2D eigenvalue weighted by molar-refractivity contribution is 5.96. The number of nitrogens with one attached hydrogen (secondary N) is 2. The van der Waals surface area contributed by atoms with Crippen LogP contribution in [0.1, 0.15) is 71.6 Å².